The van der Waals surface area contributed by atoms with Gasteiger partial charge < -0.3 is 10.2 Å². The second kappa shape index (κ2) is 9.22. The van der Waals surface area contributed by atoms with Crippen molar-refractivity contribution in [1.29, 1.82) is 0 Å². The first kappa shape index (κ1) is 22.8. The van der Waals surface area contributed by atoms with E-state index < -0.39 is 5.41 Å². The maximum atomic E-state index is 13.2. The van der Waals surface area contributed by atoms with Crippen LogP contribution < -0.4 is 5.32 Å². The molecular weight excluding hydrogens is 412 g/mol. The van der Waals surface area contributed by atoms with Crippen LogP contribution in [0.4, 0.5) is 0 Å². The number of carbonyl (C=O) groups excluding carboxylic acids is 2. The molecule has 1 aromatic heterocycles. The molecule has 6 heteroatoms. The fourth-order valence-corrected chi connectivity index (χ4v) is 4.85. The predicted molar refractivity (Wildman–Crippen MR) is 130 cm³/mol. The van der Waals surface area contributed by atoms with Gasteiger partial charge in [-0.05, 0) is 49.8 Å². The molecule has 1 fully saturated rings. The summed E-state index contributed by atoms with van der Waals surface area (Å²) in [6, 6.07) is 16.8. The molecule has 1 atom stereocenters. The summed E-state index contributed by atoms with van der Waals surface area (Å²) >= 11 is 0. The number of aromatic nitrogens is 2. The summed E-state index contributed by atoms with van der Waals surface area (Å²) in [7, 11) is 1.67. The van der Waals surface area contributed by atoms with E-state index in [1.54, 1.807) is 11.9 Å². The number of nitrogens with zero attached hydrogens (tertiary/aromatic N) is 2. The molecule has 4 rings (SSSR count). The Kier molecular flexibility index (Phi) is 6.36. The molecule has 0 aliphatic carbocycles. The summed E-state index contributed by atoms with van der Waals surface area (Å²) in [5.74, 6) is -0.130. The second-order valence-corrected chi connectivity index (χ2v) is 9.11. The van der Waals surface area contributed by atoms with Gasteiger partial charge in [-0.3, -0.25) is 14.7 Å². The van der Waals surface area contributed by atoms with Crippen LogP contribution in [0.1, 0.15) is 46.2 Å². The van der Waals surface area contributed by atoms with Crippen molar-refractivity contribution in [3.63, 3.8) is 0 Å². The second-order valence-electron chi connectivity index (χ2n) is 9.11. The molecule has 2 aromatic carbocycles. The minimum absolute atomic E-state index is 0.0217. The van der Waals surface area contributed by atoms with Crippen LogP contribution in [0, 0.1) is 19.3 Å². The van der Waals surface area contributed by atoms with Crippen molar-refractivity contribution >= 4 is 11.8 Å². The lowest BCUT2D eigenvalue weighted by atomic mass is 9.79. The number of likely N-dealkylation sites (tertiary alicyclic amines) is 1. The van der Waals surface area contributed by atoms with Crippen molar-refractivity contribution in [3.8, 4) is 11.1 Å². The Morgan fingerprint density at radius 1 is 1.12 bits per heavy atom. The first-order valence-corrected chi connectivity index (χ1v) is 11.6. The lowest BCUT2D eigenvalue weighted by Crippen LogP contribution is -2.44. The summed E-state index contributed by atoms with van der Waals surface area (Å²) < 4.78 is 0. The monoisotopic (exact) mass is 444 g/mol. The van der Waals surface area contributed by atoms with Crippen LogP contribution in [0.2, 0.25) is 0 Å². The Labute approximate surface area is 195 Å². The van der Waals surface area contributed by atoms with Gasteiger partial charge in [-0.2, -0.15) is 5.10 Å². The van der Waals surface area contributed by atoms with E-state index in [-0.39, 0.29) is 11.8 Å². The first-order valence-electron chi connectivity index (χ1n) is 11.6. The number of nitrogens with one attached hydrogen (secondary N) is 2. The predicted octanol–water partition coefficient (Wildman–Crippen LogP) is 4.08. The molecule has 1 aliphatic rings. The number of benzene rings is 2. The number of hydrogen-bond acceptors (Lipinski definition) is 3. The average molecular weight is 445 g/mol. The zero-order valence-corrected chi connectivity index (χ0v) is 19.9. The van der Waals surface area contributed by atoms with E-state index >= 15 is 0 Å². The molecule has 1 aliphatic heterocycles. The quantitative estimate of drug-likeness (QED) is 0.601. The highest BCUT2D eigenvalue weighted by atomic mass is 16.2. The number of amides is 2. The molecule has 0 bridgehead atoms. The van der Waals surface area contributed by atoms with Crippen LogP contribution in [-0.2, 0) is 17.6 Å². The molecule has 2 N–H and O–H groups in total. The molecule has 0 spiro atoms. The summed E-state index contributed by atoms with van der Waals surface area (Å²) in [6.07, 6.45) is 2.00. The summed E-state index contributed by atoms with van der Waals surface area (Å²) in [6.45, 7) is 6.96. The van der Waals surface area contributed by atoms with E-state index in [2.05, 4.69) is 64.9 Å². The van der Waals surface area contributed by atoms with Crippen molar-refractivity contribution < 1.29 is 9.59 Å². The fourth-order valence-electron chi connectivity index (χ4n) is 4.85. The Bertz CT molecular complexity index is 1170. The number of H-pyrrole nitrogens is 1. The molecular formula is C27H32N4O2. The number of rotatable bonds is 6. The third-order valence-corrected chi connectivity index (χ3v) is 6.87. The Hall–Kier alpha value is -3.41. The minimum Gasteiger partial charge on any atom is -0.359 e. The van der Waals surface area contributed by atoms with Crippen molar-refractivity contribution in [2.45, 2.75) is 40.0 Å². The Balaban J connectivity index is 1.58. The Morgan fingerprint density at radius 2 is 1.88 bits per heavy atom. The normalized spacial score (nSPS) is 17.9. The largest absolute Gasteiger partial charge is 0.359 e. The number of carbonyl (C=O) groups is 2. The van der Waals surface area contributed by atoms with E-state index in [0.717, 1.165) is 34.4 Å². The van der Waals surface area contributed by atoms with Gasteiger partial charge in [-0.25, -0.2) is 0 Å². The van der Waals surface area contributed by atoms with E-state index in [9.17, 15) is 9.59 Å². The number of aromatic amines is 1. The number of hydrogen-bond donors (Lipinski definition) is 2. The summed E-state index contributed by atoms with van der Waals surface area (Å²) in [5, 5.41) is 10.1. The van der Waals surface area contributed by atoms with Crippen LogP contribution in [0.3, 0.4) is 0 Å². The lowest BCUT2D eigenvalue weighted by molar-refractivity contribution is -0.129. The van der Waals surface area contributed by atoms with Crippen LogP contribution in [0.25, 0.3) is 11.1 Å². The first-order chi connectivity index (χ1) is 15.9. The average Bonchev–Trinajstić information content (AvgIpc) is 3.43. The molecule has 172 valence electrons. The fraction of sp³-hybridized carbons (Fsp3) is 0.370. The summed E-state index contributed by atoms with van der Waals surface area (Å²) in [5.41, 5.74) is 6.27. The molecule has 0 saturated carbocycles. The van der Waals surface area contributed by atoms with Crippen LogP contribution in [0.5, 0.6) is 0 Å². The van der Waals surface area contributed by atoms with Gasteiger partial charge in [-0.1, -0.05) is 61.0 Å². The van der Waals surface area contributed by atoms with Crippen molar-refractivity contribution in [2.75, 3.05) is 20.1 Å². The molecule has 33 heavy (non-hydrogen) atoms. The molecule has 6 nitrogen and oxygen atoms in total. The van der Waals surface area contributed by atoms with Gasteiger partial charge in [-0.15, -0.1) is 0 Å². The maximum absolute atomic E-state index is 13.2. The zero-order valence-electron chi connectivity index (χ0n) is 19.9. The van der Waals surface area contributed by atoms with Gasteiger partial charge in [0.05, 0.1) is 5.41 Å². The molecule has 2 heterocycles. The summed E-state index contributed by atoms with van der Waals surface area (Å²) in [4.78, 5) is 28.1. The topological polar surface area (TPSA) is 78.1 Å². The highest BCUT2D eigenvalue weighted by molar-refractivity contribution is 5.95. The van der Waals surface area contributed by atoms with Gasteiger partial charge >= 0.3 is 0 Å². The molecule has 0 radical (unpaired) electrons. The molecule has 2 amide bonds. The SMILES string of the molecule is CCc1[nH]nc(C(=O)N2CC[C@](Cc3cccc(-c4ccc(C)cc4)c3)(C(=O)NC)C2)c1C. The minimum atomic E-state index is -0.659. The molecule has 0 unspecified atom stereocenters. The smallest absolute Gasteiger partial charge is 0.274 e. The van der Waals surface area contributed by atoms with Crippen LogP contribution in [0.15, 0.2) is 48.5 Å². The third kappa shape index (κ3) is 4.42. The lowest BCUT2D eigenvalue weighted by Gasteiger charge is -2.28. The van der Waals surface area contributed by atoms with E-state index in [1.165, 1.54) is 5.56 Å². The van der Waals surface area contributed by atoms with Gasteiger partial charge in [0.2, 0.25) is 5.91 Å². The maximum Gasteiger partial charge on any atom is 0.274 e. The van der Waals surface area contributed by atoms with Crippen LogP contribution >= 0.6 is 0 Å². The van der Waals surface area contributed by atoms with Crippen molar-refractivity contribution in [2.24, 2.45) is 5.41 Å². The van der Waals surface area contributed by atoms with E-state index in [0.29, 0.717) is 31.6 Å². The highest BCUT2D eigenvalue weighted by Crippen LogP contribution is 2.36. The van der Waals surface area contributed by atoms with Gasteiger partial charge in [0.1, 0.15) is 0 Å². The van der Waals surface area contributed by atoms with Crippen molar-refractivity contribution in [3.05, 3.63) is 76.6 Å². The molecule has 1 saturated heterocycles. The van der Waals surface area contributed by atoms with E-state index in [1.807, 2.05) is 19.9 Å². The highest BCUT2D eigenvalue weighted by Gasteiger charge is 2.46. The van der Waals surface area contributed by atoms with E-state index in [4.69, 9.17) is 0 Å². The third-order valence-electron chi connectivity index (χ3n) is 6.87. The van der Waals surface area contributed by atoms with Gasteiger partial charge in [0, 0.05) is 31.4 Å². The number of aryl methyl sites for hydroxylation is 2. The standard InChI is InChI=1S/C27H32N4O2/c1-5-23-19(3)24(30-29-23)25(32)31-14-13-27(17-31,26(33)28-4)16-20-7-6-8-22(15-20)21-11-9-18(2)10-12-21/h6-12,15H,5,13-14,16-17H2,1-4H3,(H,28,33)(H,29,30)/t27-/m1/s1. The zero-order chi connectivity index (χ0) is 23.6. The van der Waals surface area contributed by atoms with Gasteiger partial charge in [0.25, 0.3) is 5.91 Å². The Morgan fingerprint density at radius 3 is 2.55 bits per heavy atom. The van der Waals surface area contributed by atoms with Crippen molar-refractivity contribution in [1.82, 2.24) is 20.4 Å². The van der Waals surface area contributed by atoms with Gasteiger partial charge in [0.15, 0.2) is 5.69 Å². The van der Waals surface area contributed by atoms with Crippen LogP contribution in [-0.4, -0.2) is 47.0 Å². The molecule has 3 aromatic rings.